The zero-order valence-electron chi connectivity index (χ0n) is 23.7. The molecule has 1 fully saturated rings. The summed E-state index contributed by atoms with van der Waals surface area (Å²) < 4.78 is 38.4. The van der Waals surface area contributed by atoms with E-state index >= 15 is 0 Å². The van der Waals surface area contributed by atoms with Crippen LogP contribution in [0, 0.1) is 0 Å². The number of imidazole rings is 1. The molecule has 11 heteroatoms. The van der Waals surface area contributed by atoms with Crippen molar-refractivity contribution in [3.8, 4) is 16.9 Å². The van der Waals surface area contributed by atoms with E-state index < -0.39 is 18.3 Å². The molecule has 220 valence electrons. The fraction of sp³-hybridized carbons (Fsp3) is 0.419. The van der Waals surface area contributed by atoms with Crippen LogP contribution in [0.15, 0.2) is 55.0 Å². The molecule has 2 unspecified atom stereocenters. The first-order valence-electron chi connectivity index (χ1n) is 14.1. The molecule has 1 aromatic carbocycles. The second kappa shape index (κ2) is 10.9. The number of ether oxygens (including phenoxy) is 2. The van der Waals surface area contributed by atoms with Crippen LogP contribution in [0.3, 0.4) is 0 Å². The zero-order valence-corrected chi connectivity index (χ0v) is 23.7. The van der Waals surface area contributed by atoms with Gasteiger partial charge in [-0.2, -0.15) is 8.78 Å². The molecule has 0 saturated carbocycles. The Balaban J connectivity index is 1.23. The summed E-state index contributed by atoms with van der Waals surface area (Å²) in [5, 5.41) is 10.8. The van der Waals surface area contributed by atoms with Gasteiger partial charge in [-0.1, -0.05) is 18.2 Å². The molecule has 1 N–H and O–H groups in total. The molecule has 9 nitrogen and oxygen atoms in total. The number of aliphatic hydroxyl groups excluding tert-OH is 1. The van der Waals surface area contributed by atoms with Gasteiger partial charge in [0.15, 0.2) is 0 Å². The third-order valence-electron chi connectivity index (χ3n) is 7.82. The minimum atomic E-state index is -2.95. The normalized spacial score (nSPS) is 19.4. The molecular formula is C31H33F2N5O4. The Bertz CT molecular complexity index is 1590. The molecule has 42 heavy (non-hydrogen) atoms. The van der Waals surface area contributed by atoms with E-state index in [1.807, 2.05) is 43.5 Å². The van der Waals surface area contributed by atoms with Gasteiger partial charge in [0.2, 0.25) is 0 Å². The summed E-state index contributed by atoms with van der Waals surface area (Å²) in [7, 11) is 0. The first-order valence-corrected chi connectivity index (χ1v) is 14.1. The van der Waals surface area contributed by atoms with Crippen molar-refractivity contribution in [2.75, 3.05) is 13.1 Å². The standard InChI is InChI=1S/C31H33F2N5O4/c1-31(2,3)42-30(40)37-12-10-18(11-13-37)28-34-15-20(16-35-28)19-8-9-25-36-26-23(39)14-22(27(26)38(25)17-19)21-6-4-5-7-24(21)41-29(32)33/h4-9,15-18,22-23,29,39H,10-14H2,1-3H3. The molecule has 3 aromatic heterocycles. The molecule has 2 atom stereocenters. The van der Waals surface area contributed by atoms with Crippen LogP contribution in [-0.4, -0.2) is 60.8 Å². The van der Waals surface area contributed by atoms with Crippen molar-refractivity contribution in [2.45, 2.75) is 70.2 Å². The van der Waals surface area contributed by atoms with Crippen LogP contribution in [0.4, 0.5) is 13.6 Å². The maximum Gasteiger partial charge on any atom is 0.410 e. The average Bonchev–Trinajstić information content (AvgIpc) is 3.49. The van der Waals surface area contributed by atoms with Crippen LogP contribution < -0.4 is 4.74 Å². The highest BCUT2D eigenvalue weighted by molar-refractivity contribution is 5.68. The van der Waals surface area contributed by atoms with Gasteiger partial charge < -0.3 is 23.9 Å². The van der Waals surface area contributed by atoms with E-state index in [-0.39, 0.29) is 23.7 Å². The summed E-state index contributed by atoms with van der Waals surface area (Å²) in [6, 6.07) is 10.5. The molecule has 0 bridgehead atoms. The molecular weight excluding hydrogens is 544 g/mol. The molecule has 1 aliphatic carbocycles. The van der Waals surface area contributed by atoms with Gasteiger partial charge in [0.1, 0.15) is 22.8 Å². The van der Waals surface area contributed by atoms with E-state index in [1.165, 1.54) is 6.07 Å². The molecule has 0 spiro atoms. The first-order chi connectivity index (χ1) is 20.1. The Morgan fingerprint density at radius 1 is 1.05 bits per heavy atom. The maximum absolute atomic E-state index is 13.1. The van der Waals surface area contributed by atoms with Crippen molar-refractivity contribution in [2.24, 2.45) is 0 Å². The summed E-state index contributed by atoms with van der Waals surface area (Å²) in [4.78, 5) is 28.1. The third-order valence-corrected chi connectivity index (χ3v) is 7.82. The van der Waals surface area contributed by atoms with Gasteiger partial charge in [0.05, 0.1) is 17.5 Å². The van der Waals surface area contributed by atoms with Gasteiger partial charge in [-0.3, -0.25) is 0 Å². The van der Waals surface area contributed by atoms with E-state index in [4.69, 9.17) is 9.47 Å². The lowest BCUT2D eigenvalue weighted by Crippen LogP contribution is -2.41. The molecule has 1 saturated heterocycles. The number of nitrogens with zero attached hydrogens (tertiary/aromatic N) is 5. The van der Waals surface area contributed by atoms with E-state index in [1.54, 1.807) is 35.5 Å². The number of amides is 1. The number of likely N-dealkylation sites (tertiary alicyclic amines) is 1. The molecule has 1 aliphatic heterocycles. The second-order valence-corrected chi connectivity index (χ2v) is 11.8. The zero-order chi connectivity index (χ0) is 29.6. The lowest BCUT2D eigenvalue weighted by molar-refractivity contribution is -0.0506. The minimum Gasteiger partial charge on any atom is -0.444 e. The number of alkyl halides is 2. The number of piperidine rings is 1. The molecule has 4 heterocycles. The van der Waals surface area contributed by atoms with E-state index in [0.717, 1.165) is 35.5 Å². The predicted octanol–water partition coefficient (Wildman–Crippen LogP) is 6.08. The minimum absolute atomic E-state index is 0.0876. The highest BCUT2D eigenvalue weighted by Crippen LogP contribution is 2.47. The number of carbonyl (C=O) groups excluding carboxylic acids is 1. The monoisotopic (exact) mass is 577 g/mol. The number of pyridine rings is 1. The van der Waals surface area contributed by atoms with Gasteiger partial charge >= 0.3 is 12.7 Å². The van der Waals surface area contributed by atoms with Crippen molar-refractivity contribution >= 4 is 11.7 Å². The summed E-state index contributed by atoms with van der Waals surface area (Å²) in [6.45, 7) is 3.80. The number of aromatic nitrogens is 4. The van der Waals surface area contributed by atoms with E-state index in [9.17, 15) is 18.7 Å². The average molecular weight is 578 g/mol. The number of halogens is 2. The smallest absolute Gasteiger partial charge is 0.410 e. The lowest BCUT2D eigenvalue weighted by atomic mass is 9.95. The van der Waals surface area contributed by atoms with Crippen molar-refractivity contribution in [3.05, 3.63) is 77.8 Å². The SMILES string of the molecule is CC(C)(C)OC(=O)N1CCC(c2ncc(-c3ccc4nc5c(n4c3)C(c3ccccc3OC(F)F)CC5O)cn2)CC1. The first kappa shape index (κ1) is 28.0. The molecule has 6 rings (SSSR count). The van der Waals surface area contributed by atoms with Gasteiger partial charge in [-0.05, 0) is 58.2 Å². The van der Waals surface area contributed by atoms with Crippen LogP contribution in [0.2, 0.25) is 0 Å². The number of aliphatic hydroxyl groups is 1. The van der Waals surface area contributed by atoms with Crippen LogP contribution in [0.25, 0.3) is 16.8 Å². The maximum atomic E-state index is 13.1. The topological polar surface area (TPSA) is 102 Å². The Morgan fingerprint density at radius 2 is 1.76 bits per heavy atom. The van der Waals surface area contributed by atoms with Crippen molar-refractivity contribution in [3.63, 3.8) is 0 Å². The van der Waals surface area contributed by atoms with Crippen LogP contribution in [-0.2, 0) is 4.74 Å². The second-order valence-electron chi connectivity index (χ2n) is 11.8. The Morgan fingerprint density at radius 3 is 2.45 bits per heavy atom. The van der Waals surface area contributed by atoms with Crippen molar-refractivity contribution < 1.29 is 28.2 Å². The summed E-state index contributed by atoms with van der Waals surface area (Å²) >= 11 is 0. The summed E-state index contributed by atoms with van der Waals surface area (Å²) in [6.07, 6.45) is 6.21. The number of hydrogen-bond donors (Lipinski definition) is 1. The number of hydrogen-bond acceptors (Lipinski definition) is 7. The number of carbonyl (C=O) groups is 1. The summed E-state index contributed by atoms with van der Waals surface area (Å²) in [5.41, 5.74) is 3.65. The van der Waals surface area contributed by atoms with E-state index in [0.29, 0.717) is 36.4 Å². The number of para-hydroxylation sites is 1. The van der Waals surface area contributed by atoms with E-state index in [2.05, 4.69) is 15.0 Å². The van der Waals surface area contributed by atoms with Crippen molar-refractivity contribution in [1.29, 1.82) is 0 Å². The molecule has 2 aliphatic rings. The van der Waals surface area contributed by atoms with Gasteiger partial charge in [-0.15, -0.1) is 0 Å². The van der Waals surface area contributed by atoms with Crippen LogP contribution in [0.1, 0.15) is 80.7 Å². The molecule has 4 aromatic rings. The largest absolute Gasteiger partial charge is 0.444 e. The van der Waals surface area contributed by atoms with Gasteiger partial charge in [-0.25, -0.2) is 19.7 Å². The number of rotatable bonds is 5. The van der Waals surface area contributed by atoms with Gasteiger partial charge in [0.25, 0.3) is 0 Å². The fourth-order valence-electron chi connectivity index (χ4n) is 5.88. The quantitative estimate of drug-likeness (QED) is 0.307. The Hall–Kier alpha value is -4.12. The van der Waals surface area contributed by atoms with Crippen LogP contribution >= 0.6 is 0 Å². The highest BCUT2D eigenvalue weighted by Gasteiger charge is 2.37. The van der Waals surface area contributed by atoms with Crippen molar-refractivity contribution in [1.82, 2.24) is 24.3 Å². The highest BCUT2D eigenvalue weighted by atomic mass is 19.3. The Labute approximate surface area is 242 Å². The summed E-state index contributed by atoms with van der Waals surface area (Å²) in [5.74, 6) is 0.603. The van der Waals surface area contributed by atoms with Gasteiger partial charge in [0, 0.05) is 60.2 Å². The third kappa shape index (κ3) is 5.53. The Kier molecular flexibility index (Phi) is 7.30. The number of benzene rings is 1. The number of fused-ring (bicyclic) bond motifs is 3. The molecule has 1 amide bonds. The molecule has 0 radical (unpaired) electrons. The van der Waals surface area contributed by atoms with Crippen LogP contribution in [0.5, 0.6) is 5.75 Å². The fourth-order valence-corrected chi connectivity index (χ4v) is 5.88. The predicted molar refractivity (Wildman–Crippen MR) is 150 cm³/mol. The lowest BCUT2D eigenvalue weighted by Gasteiger charge is -2.32.